The van der Waals surface area contributed by atoms with Crippen LogP contribution >= 0.6 is 12.2 Å². The van der Waals surface area contributed by atoms with Gasteiger partial charge in [-0.1, -0.05) is 36.4 Å². The molecule has 0 bridgehead atoms. The van der Waals surface area contributed by atoms with Gasteiger partial charge >= 0.3 is 0 Å². The Bertz CT molecular complexity index is 689. The average Bonchev–Trinajstić information content (AvgIpc) is 2.58. The van der Waals surface area contributed by atoms with Crippen LogP contribution in [-0.4, -0.2) is 42.1 Å². The van der Waals surface area contributed by atoms with Gasteiger partial charge in [0, 0.05) is 18.8 Å². The summed E-state index contributed by atoms with van der Waals surface area (Å²) in [7, 11) is 4.13. The fourth-order valence-electron chi connectivity index (χ4n) is 2.51. The summed E-state index contributed by atoms with van der Waals surface area (Å²) in [5.41, 5.74) is 2.51. The highest BCUT2D eigenvalue weighted by molar-refractivity contribution is 7.80. The lowest BCUT2D eigenvalue weighted by Gasteiger charge is -2.27. The van der Waals surface area contributed by atoms with Crippen molar-refractivity contribution in [2.45, 2.75) is 19.9 Å². The standard InChI is InChI=1S/C20H26FN3S/c1-16-10-11-18(14-19(16)21)22-20(25)24(13-7-12-23(2)3)15-17-8-5-4-6-9-17/h4-6,8-11,14H,7,12-13,15H2,1-3H3,(H,22,25). The van der Waals surface area contributed by atoms with E-state index in [9.17, 15) is 4.39 Å². The van der Waals surface area contributed by atoms with Gasteiger partial charge < -0.3 is 15.1 Å². The second kappa shape index (κ2) is 9.49. The van der Waals surface area contributed by atoms with Gasteiger partial charge in [0.15, 0.2) is 5.11 Å². The number of hydrogen-bond acceptors (Lipinski definition) is 2. The highest BCUT2D eigenvalue weighted by Gasteiger charge is 2.11. The van der Waals surface area contributed by atoms with Crippen molar-refractivity contribution in [3.05, 3.63) is 65.5 Å². The molecule has 0 aromatic heterocycles. The molecule has 0 fully saturated rings. The summed E-state index contributed by atoms with van der Waals surface area (Å²) in [5, 5.41) is 3.79. The first kappa shape index (κ1) is 19.3. The number of halogens is 1. The van der Waals surface area contributed by atoms with E-state index >= 15 is 0 Å². The van der Waals surface area contributed by atoms with E-state index in [0.29, 0.717) is 16.4 Å². The van der Waals surface area contributed by atoms with Gasteiger partial charge in [0.25, 0.3) is 0 Å². The fraction of sp³-hybridized carbons (Fsp3) is 0.350. The lowest BCUT2D eigenvalue weighted by Crippen LogP contribution is -2.36. The Morgan fingerprint density at radius 2 is 1.80 bits per heavy atom. The predicted octanol–water partition coefficient (Wildman–Crippen LogP) is 4.28. The van der Waals surface area contributed by atoms with E-state index in [1.165, 1.54) is 11.6 Å². The molecule has 3 nitrogen and oxygen atoms in total. The molecule has 0 radical (unpaired) electrons. The predicted molar refractivity (Wildman–Crippen MR) is 107 cm³/mol. The van der Waals surface area contributed by atoms with Crippen LogP contribution in [0.4, 0.5) is 10.1 Å². The van der Waals surface area contributed by atoms with Crippen LogP contribution in [0.2, 0.25) is 0 Å². The summed E-state index contributed by atoms with van der Waals surface area (Å²) in [6, 6.07) is 15.3. The molecule has 5 heteroatoms. The van der Waals surface area contributed by atoms with Crippen molar-refractivity contribution in [2.24, 2.45) is 0 Å². The molecule has 0 aliphatic heterocycles. The van der Waals surface area contributed by atoms with E-state index in [1.807, 2.05) is 24.3 Å². The molecule has 25 heavy (non-hydrogen) atoms. The van der Waals surface area contributed by atoms with Crippen LogP contribution in [0.5, 0.6) is 0 Å². The third kappa shape index (κ3) is 6.44. The van der Waals surface area contributed by atoms with Crippen LogP contribution in [0.1, 0.15) is 17.5 Å². The number of nitrogens with zero attached hydrogens (tertiary/aromatic N) is 2. The molecule has 0 unspecified atom stereocenters. The minimum absolute atomic E-state index is 0.227. The van der Waals surface area contributed by atoms with Crippen LogP contribution in [-0.2, 0) is 6.54 Å². The molecule has 2 aromatic rings. The maximum Gasteiger partial charge on any atom is 0.173 e. The van der Waals surface area contributed by atoms with E-state index in [0.717, 1.165) is 26.1 Å². The highest BCUT2D eigenvalue weighted by Crippen LogP contribution is 2.15. The summed E-state index contributed by atoms with van der Waals surface area (Å²) >= 11 is 5.59. The first-order valence-electron chi connectivity index (χ1n) is 8.46. The zero-order valence-corrected chi connectivity index (χ0v) is 15.9. The summed E-state index contributed by atoms with van der Waals surface area (Å²) < 4.78 is 13.8. The molecule has 1 N–H and O–H groups in total. The molecule has 0 saturated heterocycles. The first-order valence-corrected chi connectivity index (χ1v) is 8.87. The van der Waals surface area contributed by atoms with Crippen LogP contribution in [0.25, 0.3) is 0 Å². The molecule has 0 saturated carbocycles. The molecule has 2 rings (SSSR count). The van der Waals surface area contributed by atoms with Crippen LogP contribution in [0.15, 0.2) is 48.5 Å². The Hall–Kier alpha value is -1.98. The lowest BCUT2D eigenvalue weighted by molar-refractivity contribution is 0.346. The molecule has 0 aliphatic carbocycles. The molecular weight excluding hydrogens is 333 g/mol. The Balaban J connectivity index is 2.06. The molecule has 0 amide bonds. The number of anilines is 1. The van der Waals surface area contributed by atoms with Crippen LogP contribution < -0.4 is 5.32 Å². The summed E-state index contributed by atoms with van der Waals surface area (Å²) in [6.07, 6.45) is 1.00. The number of hydrogen-bond donors (Lipinski definition) is 1. The van der Waals surface area contributed by atoms with Gasteiger partial charge in [-0.05, 0) is 69.5 Å². The maximum atomic E-state index is 13.8. The Morgan fingerprint density at radius 1 is 1.08 bits per heavy atom. The number of rotatable bonds is 7. The third-order valence-corrected chi connectivity index (χ3v) is 4.32. The zero-order valence-electron chi connectivity index (χ0n) is 15.1. The number of aryl methyl sites for hydroxylation is 1. The second-order valence-electron chi connectivity index (χ2n) is 6.46. The monoisotopic (exact) mass is 359 g/mol. The molecule has 0 aliphatic rings. The Kier molecular flexibility index (Phi) is 7.34. The molecule has 0 spiro atoms. The van der Waals surface area contributed by atoms with E-state index < -0.39 is 0 Å². The Labute approximate surface area is 155 Å². The molecule has 134 valence electrons. The molecule has 0 heterocycles. The average molecular weight is 360 g/mol. The van der Waals surface area contributed by atoms with Crippen molar-refractivity contribution >= 4 is 23.0 Å². The summed E-state index contributed by atoms with van der Waals surface area (Å²) in [5.74, 6) is -0.227. The van der Waals surface area contributed by atoms with Gasteiger partial charge in [-0.25, -0.2) is 4.39 Å². The van der Waals surface area contributed by atoms with Crippen molar-refractivity contribution in [1.29, 1.82) is 0 Å². The van der Waals surface area contributed by atoms with Gasteiger partial charge in [-0.2, -0.15) is 0 Å². The minimum Gasteiger partial charge on any atom is -0.345 e. The molecular formula is C20H26FN3S. The SMILES string of the molecule is Cc1ccc(NC(=S)N(CCCN(C)C)Cc2ccccc2)cc1F. The van der Waals surface area contributed by atoms with Crippen LogP contribution in [0, 0.1) is 12.7 Å². The van der Waals surface area contributed by atoms with Crippen molar-refractivity contribution in [3.8, 4) is 0 Å². The van der Waals surface area contributed by atoms with Crippen molar-refractivity contribution in [2.75, 3.05) is 32.5 Å². The van der Waals surface area contributed by atoms with Crippen molar-refractivity contribution < 1.29 is 4.39 Å². The number of nitrogens with one attached hydrogen (secondary N) is 1. The third-order valence-electron chi connectivity index (χ3n) is 3.96. The van der Waals surface area contributed by atoms with Gasteiger partial charge in [0.2, 0.25) is 0 Å². The topological polar surface area (TPSA) is 18.5 Å². The van der Waals surface area contributed by atoms with Crippen molar-refractivity contribution in [1.82, 2.24) is 9.80 Å². The second-order valence-corrected chi connectivity index (χ2v) is 6.84. The van der Waals surface area contributed by atoms with E-state index in [2.05, 4.69) is 41.3 Å². The quantitative estimate of drug-likeness (QED) is 0.743. The van der Waals surface area contributed by atoms with Gasteiger partial charge in [-0.15, -0.1) is 0 Å². The Morgan fingerprint density at radius 3 is 2.44 bits per heavy atom. The van der Waals surface area contributed by atoms with Gasteiger partial charge in [0.1, 0.15) is 5.82 Å². The zero-order chi connectivity index (χ0) is 18.2. The highest BCUT2D eigenvalue weighted by atomic mass is 32.1. The first-order chi connectivity index (χ1) is 12.0. The number of benzene rings is 2. The molecule has 0 atom stereocenters. The van der Waals surface area contributed by atoms with Gasteiger partial charge in [0.05, 0.1) is 0 Å². The van der Waals surface area contributed by atoms with Gasteiger partial charge in [-0.3, -0.25) is 0 Å². The van der Waals surface area contributed by atoms with E-state index in [4.69, 9.17) is 12.2 Å². The smallest absolute Gasteiger partial charge is 0.173 e. The maximum absolute atomic E-state index is 13.8. The largest absolute Gasteiger partial charge is 0.345 e. The lowest BCUT2D eigenvalue weighted by atomic mass is 10.2. The normalized spacial score (nSPS) is 10.8. The van der Waals surface area contributed by atoms with E-state index in [1.54, 1.807) is 13.0 Å². The summed E-state index contributed by atoms with van der Waals surface area (Å²) in [4.78, 5) is 4.29. The fourth-order valence-corrected chi connectivity index (χ4v) is 2.78. The van der Waals surface area contributed by atoms with E-state index in [-0.39, 0.29) is 5.82 Å². The van der Waals surface area contributed by atoms with Crippen LogP contribution in [0.3, 0.4) is 0 Å². The molecule has 2 aromatic carbocycles. The summed E-state index contributed by atoms with van der Waals surface area (Å²) in [6.45, 7) is 4.31. The minimum atomic E-state index is -0.227. The number of thiocarbonyl (C=S) groups is 1. The van der Waals surface area contributed by atoms with Crippen molar-refractivity contribution in [3.63, 3.8) is 0 Å².